The van der Waals surface area contributed by atoms with E-state index in [-0.39, 0.29) is 18.1 Å². The summed E-state index contributed by atoms with van der Waals surface area (Å²) in [6, 6.07) is 18.4. The van der Waals surface area contributed by atoms with E-state index < -0.39 is 4.92 Å². The molecule has 3 aromatic carbocycles. The molecule has 0 fully saturated rings. The predicted octanol–water partition coefficient (Wildman–Crippen LogP) is 4.07. The van der Waals surface area contributed by atoms with E-state index in [4.69, 9.17) is 0 Å². The number of nitro groups is 1. The molecule has 8 heteroatoms. The van der Waals surface area contributed by atoms with Crippen LogP contribution in [0.1, 0.15) is 5.56 Å². The van der Waals surface area contributed by atoms with Crippen molar-refractivity contribution in [2.75, 3.05) is 11.9 Å². The van der Waals surface area contributed by atoms with Crippen LogP contribution < -0.4 is 10.7 Å². The van der Waals surface area contributed by atoms with Crippen molar-refractivity contribution in [2.45, 2.75) is 0 Å². The van der Waals surface area contributed by atoms with Gasteiger partial charge in [-0.05, 0) is 44.9 Å². The van der Waals surface area contributed by atoms with Crippen LogP contribution in [0.3, 0.4) is 0 Å². The number of nitrogens with one attached hydrogen (secondary N) is 2. The number of rotatable bonds is 6. The number of hydrogen-bond acceptors (Lipinski definition) is 5. The second-order valence-electron chi connectivity index (χ2n) is 5.68. The highest BCUT2D eigenvalue weighted by Crippen LogP contribution is 2.25. The number of amides is 1. The Labute approximate surface area is 163 Å². The van der Waals surface area contributed by atoms with Crippen molar-refractivity contribution in [2.24, 2.45) is 5.10 Å². The summed E-state index contributed by atoms with van der Waals surface area (Å²) in [6.45, 7) is 0.0518. The lowest BCUT2D eigenvalue weighted by Gasteiger charge is -2.06. The lowest BCUT2D eigenvalue weighted by Crippen LogP contribution is -2.25. The van der Waals surface area contributed by atoms with Crippen molar-refractivity contribution in [1.82, 2.24) is 5.43 Å². The summed E-state index contributed by atoms with van der Waals surface area (Å²) in [5.74, 6) is -0.328. The van der Waals surface area contributed by atoms with Gasteiger partial charge in [0.2, 0.25) is 0 Å². The Kier molecular flexibility index (Phi) is 5.77. The zero-order chi connectivity index (χ0) is 19.2. The van der Waals surface area contributed by atoms with Gasteiger partial charge in [0.15, 0.2) is 0 Å². The Hall–Kier alpha value is -3.26. The largest absolute Gasteiger partial charge is 0.376 e. The quantitative estimate of drug-likeness (QED) is 0.352. The highest BCUT2D eigenvalue weighted by atomic mass is 79.9. The van der Waals surface area contributed by atoms with E-state index in [1.807, 2.05) is 42.5 Å². The molecule has 0 atom stereocenters. The molecule has 0 aliphatic carbocycles. The SMILES string of the molecule is O=C(CNc1ccc2ccccc2c1)N/N=C/c1ccc(Br)c([N+](=O)[O-])c1. The molecular formula is C19H15BrN4O3. The number of carbonyl (C=O) groups is 1. The van der Waals surface area contributed by atoms with Crippen molar-refractivity contribution in [1.29, 1.82) is 0 Å². The number of nitro benzene ring substituents is 1. The molecule has 7 nitrogen and oxygen atoms in total. The Morgan fingerprint density at radius 1 is 1.11 bits per heavy atom. The number of fused-ring (bicyclic) bond motifs is 1. The van der Waals surface area contributed by atoms with Crippen LogP contribution in [-0.4, -0.2) is 23.6 Å². The predicted molar refractivity (Wildman–Crippen MR) is 109 cm³/mol. The van der Waals surface area contributed by atoms with Gasteiger partial charge in [-0.3, -0.25) is 14.9 Å². The number of carbonyl (C=O) groups excluding carboxylic acids is 1. The third-order valence-electron chi connectivity index (χ3n) is 3.77. The van der Waals surface area contributed by atoms with Gasteiger partial charge in [0.05, 0.1) is 22.2 Å². The Bertz CT molecular complexity index is 1040. The molecule has 0 unspecified atom stereocenters. The van der Waals surface area contributed by atoms with Crippen LogP contribution in [-0.2, 0) is 4.79 Å². The van der Waals surface area contributed by atoms with Crippen molar-refractivity contribution in [3.8, 4) is 0 Å². The lowest BCUT2D eigenvalue weighted by atomic mass is 10.1. The van der Waals surface area contributed by atoms with Crippen LogP contribution in [0.2, 0.25) is 0 Å². The van der Waals surface area contributed by atoms with E-state index >= 15 is 0 Å². The van der Waals surface area contributed by atoms with Crippen LogP contribution in [0.5, 0.6) is 0 Å². The van der Waals surface area contributed by atoms with Crippen LogP contribution in [0.25, 0.3) is 10.8 Å². The highest BCUT2D eigenvalue weighted by molar-refractivity contribution is 9.10. The maximum Gasteiger partial charge on any atom is 0.284 e. The average Bonchev–Trinajstić information content (AvgIpc) is 2.67. The third kappa shape index (κ3) is 4.89. The summed E-state index contributed by atoms with van der Waals surface area (Å²) in [4.78, 5) is 22.3. The van der Waals surface area contributed by atoms with Gasteiger partial charge >= 0.3 is 0 Å². The van der Waals surface area contributed by atoms with E-state index in [9.17, 15) is 14.9 Å². The molecule has 0 aliphatic rings. The number of benzene rings is 3. The fourth-order valence-corrected chi connectivity index (χ4v) is 2.84. The monoisotopic (exact) mass is 426 g/mol. The van der Waals surface area contributed by atoms with E-state index in [2.05, 4.69) is 31.8 Å². The van der Waals surface area contributed by atoms with Gasteiger partial charge in [-0.25, -0.2) is 5.43 Å². The van der Waals surface area contributed by atoms with E-state index in [1.54, 1.807) is 12.1 Å². The zero-order valence-corrected chi connectivity index (χ0v) is 15.6. The molecule has 0 radical (unpaired) electrons. The van der Waals surface area contributed by atoms with Gasteiger partial charge in [0, 0.05) is 17.3 Å². The molecule has 0 aromatic heterocycles. The minimum Gasteiger partial charge on any atom is -0.376 e. The van der Waals surface area contributed by atoms with Crippen molar-refractivity contribution >= 4 is 50.2 Å². The molecule has 0 bridgehead atoms. The van der Waals surface area contributed by atoms with Crippen molar-refractivity contribution in [3.63, 3.8) is 0 Å². The van der Waals surface area contributed by atoms with Crippen molar-refractivity contribution < 1.29 is 9.72 Å². The summed E-state index contributed by atoms with van der Waals surface area (Å²) in [7, 11) is 0. The van der Waals surface area contributed by atoms with Crippen LogP contribution in [0.15, 0.2) is 70.2 Å². The second-order valence-corrected chi connectivity index (χ2v) is 6.53. The number of nitrogens with zero attached hydrogens (tertiary/aromatic N) is 2. The summed E-state index contributed by atoms with van der Waals surface area (Å²) in [5.41, 5.74) is 3.66. The first-order chi connectivity index (χ1) is 13.0. The Morgan fingerprint density at radius 3 is 2.67 bits per heavy atom. The summed E-state index contributed by atoms with van der Waals surface area (Å²) >= 11 is 3.12. The minimum absolute atomic E-state index is 0.0518. The summed E-state index contributed by atoms with van der Waals surface area (Å²) in [6.07, 6.45) is 1.35. The number of halogens is 1. The molecule has 0 saturated carbocycles. The molecule has 27 heavy (non-hydrogen) atoms. The van der Waals surface area contributed by atoms with E-state index in [0.717, 1.165) is 16.5 Å². The molecule has 136 valence electrons. The molecule has 0 saturated heterocycles. The number of anilines is 1. The lowest BCUT2D eigenvalue weighted by molar-refractivity contribution is -0.385. The normalized spacial score (nSPS) is 10.9. The van der Waals surface area contributed by atoms with Gasteiger partial charge in [0.1, 0.15) is 0 Å². The van der Waals surface area contributed by atoms with Crippen LogP contribution in [0, 0.1) is 10.1 Å². The summed E-state index contributed by atoms with van der Waals surface area (Å²) < 4.78 is 0.383. The van der Waals surface area contributed by atoms with Crippen molar-refractivity contribution in [3.05, 3.63) is 80.8 Å². The maximum absolute atomic E-state index is 11.9. The summed E-state index contributed by atoms with van der Waals surface area (Å²) in [5, 5.41) is 20.0. The van der Waals surface area contributed by atoms with Crippen LogP contribution >= 0.6 is 15.9 Å². The first kappa shape index (κ1) is 18.5. The molecule has 3 aromatic rings. The first-order valence-corrected chi connectivity index (χ1v) is 8.81. The maximum atomic E-state index is 11.9. The van der Waals surface area contributed by atoms with Gasteiger partial charge < -0.3 is 5.32 Å². The molecule has 2 N–H and O–H groups in total. The van der Waals surface area contributed by atoms with Gasteiger partial charge in [-0.1, -0.05) is 36.4 Å². The number of hydrazone groups is 1. The Morgan fingerprint density at radius 2 is 1.89 bits per heavy atom. The smallest absolute Gasteiger partial charge is 0.284 e. The fourth-order valence-electron chi connectivity index (χ4n) is 2.45. The first-order valence-electron chi connectivity index (χ1n) is 8.01. The van der Waals surface area contributed by atoms with E-state index in [0.29, 0.717) is 10.0 Å². The molecule has 0 spiro atoms. The molecule has 1 amide bonds. The second kappa shape index (κ2) is 8.41. The standard InChI is InChI=1S/C19H15BrN4O3/c20-17-8-5-13(9-18(17)24(26)27)11-22-23-19(25)12-21-16-7-6-14-3-1-2-4-15(14)10-16/h1-11,21H,12H2,(H,23,25)/b22-11+. The molecule has 0 heterocycles. The fraction of sp³-hybridized carbons (Fsp3) is 0.0526. The zero-order valence-electron chi connectivity index (χ0n) is 14.1. The minimum atomic E-state index is -0.493. The molecule has 0 aliphatic heterocycles. The Balaban J connectivity index is 1.55. The van der Waals surface area contributed by atoms with Gasteiger partial charge in [-0.2, -0.15) is 5.10 Å². The van der Waals surface area contributed by atoms with Gasteiger partial charge in [-0.15, -0.1) is 0 Å². The highest BCUT2D eigenvalue weighted by Gasteiger charge is 2.11. The van der Waals surface area contributed by atoms with Crippen LogP contribution in [0.4, 0.5) is 11.4 Å². The molecular weight excluding hydrogens is 412 g/mol. The third-order valence-corrected chi connectivity index (χ3v) is 4.44. The molecule has 3 rings (SSSR count). The van der Waals surface area contributed by atoms with Gasteiger partial charge in [0.25, 0.3) is 11.6 Å². The average molecular weight is 427 g/mol. The topological polar surface area (TPSA) is 96.6 Å². The number of hydrogen-bond donors (Lipinski definition) is 2. The van der Waals surface area contributed by atoms with E-state index in [1.165, 1.54) is 12.3 Å².